The molecule has 4 N–H and O–H groups in total. The molecule has 1 amide bonds. The number of nitrogen functional groups attached to an aromatic ring is 1. The van der Waals surface area contributed by atoms with Crippen molar-refractivity contribution in [2.24, 2.45) is 5.10 Å². The predicted molar refractivity (Wildman–Crippen MR) is 134 cm³/mol. The van der Waals surface area contributed by atoms with Gasteiger partial charge in [0.05, 0.1) is 12.0 Å². The largest absolute Gasteiger partial charge is 0.488 e. The average Bonchev–Trinajstić information content (AvgIpc) is 3.22. The molecule has 0 fully saturated rings. The van der Waals surface area contributed by atoms with Crippen molar-refractivity contribution in [1.29, 1.82) is 0 Å². The molecule has 1 heterocycles. The van der Waals surface area contributed by atoms with Crippen molar-refractivity contribution in [3.63, 3.8) is 0 Å². The number of hydrazone groups is 1. The Labute approximate surface area is 201 Å². The minimum atomic E-state index is -0.168. The summed E-state index contributed by atoms with van der Waals surface area (Å²) in [7, 11) is 0. The van der Waals surface area contributed by atoms with Crippen LogP contribution in [0.25, 0.3) is 0 Å². The molecular weight excluding hydrogens is 450 g/mol. The molecule has 0 saturated carbocycles. The molecule has 10 heteroatoms. The molecule has 0 radical (unpaired) electrons. The molecular formula is C24H23N7O2S. The lowest BCUT2D eigenvalue weighted by Crippen LogP contribution is -2.16. The molecule has 0 atom stereocenters. The van der Waals surface area contributed by atoms with Gasteiger partial charge in [-0.25, -0.2) is 10.1 Å². The first-order chi connectivity index (χ1) is 16.7. The first-order valence-electron chi connectivity index (χ1n) is 10.4. The van der Waals surface area contributed by atoms with E-state index in [-0.39, 0.29) is 17.6 Å². The van der Waals surface area contributed by atoms with Gasteiger partial charge in [-0.3, -0.25) is 4.79 Å². The van der Waals surface area contributed by atoms with Gasteiger partial charge in [-0.2, -0.15) is 5.10 Å². The van der Waals surface area contributed by atoms with E-state index in [1.54, 1.807) is 6.21 Å². The second kappa shape index (κ2) is 11.5. The first kappa shape index (κ1) is 22.9. The number of hydrogen-bond acceptors (Lipinski definition) is 8. The van der Waals surface area contributed by atoms with E-state index in [2.05, 4.69) is 26.0 Å². The predicted octanol–water partition coefficient (Wildman–Crippen LogP) is 3.75. The summed E-state index contributed by atoms with van der Waals surface area (Å²) < 4.78 is 7.18. The number of rotatable bonds is 10. The average molecular weight is 474 g/mol. The quantitative estimate of drug-likeness (QED) is 0.139. The van der Waals surface area contributed by atoms with Crippen molar-refractivity contribution in [2.45, 2.75) is 11.8 Å². The molecule has 0 aliphatic rings. The van der Waals surface area contributed by atoms with Crippen LogP contribution in [0.5, 0.6) is 5.75 Å². The molecule has 0 aliphatic carbocycles. The second-order valence-electron chi connectivity index (χ2n) is 7.06. The molecule has 0 aliphatic heterocycles. The molecule has 9 nitrogen and oxygen atoms in total. The van der Waals surface area contributed by atoms with Gasteiger partial charge < -0.3 is 15.9 Å². The zero-order chi connectivity index (χ0) is 23.6. The van der Waals surface area contributed by atoms with Gasteiger partial charge in [0.15, 0.2) is 0 Å². The smallest absolute Gasteiger partial charge is 0.264 e. The maximum Gasteiger partial charge on any atom is 0.264 e. The van der Waals surface area contributed by atoms with Crippen LogP contribution in [0.4, 0.5) is 11.6 Å². The third kappa shape index (κ3) is 6.36. The minimum absolute atomic E-state index is 0.139. The van der Waals surface area contributed by atoms with E-state index in [9.17, 15) is 4.79 Å². The van der Waals surface area contributed by atoms with Gasteiger partial charge in [-0.05, 0) is 29.8 Å². The van der Waals surface area contributed by atoms with Crippen LogP contribution in [0.15, 0.2) is 95.2 Å². The fourth-order valence-electron chi connectivity index (χ4n) is 2.91. The van der Waals surface area contributed by atoms with Gasteiger partial charge in [0.1, 0.15) is 12.4 Å². The maximum atomic E-state index is 12.1. The Hall–Kier alpha value is -4.31. The van der Waals surface area contributed by atoms with Crippen molar-refractivity contribution in [2.75, 3.05) is 22.3 Å². The molecule has 0 saturated heterocycles. The number of hydrogen-bond donors (Lipinski definition) is 3. The number of thioether (sulfide) groups is 1. The number of nitrogens with one attached hydrogen (secondary N) is 2. The number of para-hydroxylation sites is 2. The summed E-state index contributed by atoms with van der Waals surface area (Å²) >= 11 is 1.17. The van der Waals surface area contributed by atoms with Gasteiger partial charge >= 0.3 is 0 Å². The standard InChI is InChI=1S/C24H23N7O2S/c25-31-23(29-30-24(31)34-17-22(32)27-20-12-5-2-6-13-20)28-26-15-19-11-7-8-14-21(19)33-16-18-9-3-1-4-10-18/h1-15H,16-17,25H2,(H,27,32)(H,28,29)/b26-15+. The summed E-state index contributed by atoms with van der Waals surface area (Å²) in [6.45, 7) is 0.453. The highest BCUT2D eigenvalue weighted by Gasteiger charge is 2.12. The van der Waals surface area contributed by atoms with E-state index < -0.39 is 0 Å². The van der Waals surface area contributed by atoms with Crippen molar-refractivity contribution in [3.05, 3.63) is 96.1 Å². The number of ether oxygens (including phenoxy) is 1. The number of nitrogens with zero attached hydrogens (tertiary/aromatic N) is 4. The Morgan fingerprint density at radius 3 is 2.50 bits per heavy atom. The van der Waals surface area contributed by atoms with Crippen molar-refractivity contribution < 1.29 is 9.53 Å². The van der Waals surface area contributed by atoms with Crippen LogP contribution < -0.4 is 21.3 Å². The molecule has 172 valence electrons. The fraction of sp³-hybridized carbons (Fsp3) is 0.0833. The lowest BCUT2D eigenvalue weighted by Gasteiger charge is -2.09. The number of amides is 1. The first-order valence-corrected chi connectivity index (χ1v) is 11.4. The molecule has 0 unspecified atom stereocenters. The van der Waals surface area contributed by atoms with E-state index in [0.717, 1.165) is 16.8 Å². The van der Waals surface area contributed by atoms with Crippen molar-refractivity contribution >= 4 is 35.5 Å². The summed E-state index contributed by atoms with van der Waals surface area (Å²) in [6.07, 6.45) is 1.62. The Kier molecular flexibility index (Phi) is 7.75. The van der Waals surface area contributed by atoms with Gasteiger partial charge in [-0.1, -0.05) is 72.4 Å². The zero-order valence-corrected chi connectivity index (χ0v) is 19.0. The third-order valence-corrected chi connectivity index (χ3v) is 5.52. The van der Waals surface area contributed by atoms with E-state index in [0.29, 0.717) is 17.5 Å². The zero-order valence-electron chi connectivity index (χ0n) is 18.2. The summed E-state index contributed by atoms with van der Waals surface area (Å²) in [4.78, 5) is 12.1. The highest BCUT2D eigenvalue weighted by atomic mass is 32.2. The molecule has 1 aromatic heterocycles. The number of carbonyl (C=O) groups is 1. The van der Waals surface area contributed by atoms with Gasteiger partial charge in [-0.15, -0.1) is 10.2 Å². The van der Waals surface area contributed by atoms with E-state index >= 15 is 0 Å². The molecule has 0 spiro atoms. The van der Waals surface area contributed by atoms with Crippen LogP contribution in [0.3, 0.4) is 0 Å². The Morgan fingerprint density at radius 2 is 1.71 bits per heavy atom. The fourth-order valence-corrected chi connectivity index (χ4v) is 3.57. The summed E-state index contributed by atoms with van der Waals surface area (Å²) in [6, 6.07) is 26.7. The highest BCUT2D eigenvalue weighted by molar-refractivity contribution is 7.99. The molecule has 0 bridgehead atoms. The number of carbonyl (C=O) groups excluding carboxylic acids is 1. The Balaban J connectivity index is 1.31. The second-order valence-corrected chi connectivity index (χ2v) is 8.00. The Bertz CT molecular complexity index is 1250. The van der Waals surface area contributed by atoms with E-state index in [1.165, 1.54) is 16.4 Å². The maximum absolute atomic E-state index is 12.1. The third-order valence-electron chi connectivity index (χ3n) is 4.58. The normalized spacial score (nSPS) is 10.8. The lowest BCUT2D eigenvalue weighted by molar-refractivity contribution is -0.113. The van der Waals surface area contributed by atoms with E-state index in [1.807, 2.05) is 84.9 Å². The summed E-state index contributed by atoms with van der Waals surface area (Å²) in [5, 5.41) is 15.4. The number of benzene rings is 3. The lowest BCUT2D eigenvalue weighted by atomic mass is 10.2. The summed E-state index contributed by atoms with van der Waals surface area (Å²) in [5.74, 6) is 6.95. The van der Waals surface area contributed by atoms with Gasteiger partial charge in [0.25, 0.3) is 5.95 Å². The topological polar surface area (TPSA) is 119 Å². The van der Waals surface area contributed by atoms with Crippen molar-refractivity contribution in [3.8, 4) is 5.75 Å². The minimum Gasteiger partial charge on any atom is -0.488 e. The van der Waals surface area contributed by atoms with Crippen LogP contribution in [0.1, 0.15) is 11.1 Å². The molecule has 3 aromatic carbocycles. The number of anilines is 2. The van der Waals surface area contributed by atoms with Crippen LogP contribution in [-0.4, -0.2) is 32.7 Å². The van der Waals surface area contributed by atoms with Crippen LogP contribution in [0, 0.1) is 0 Å². The Morgan fingerprint density at radius 1 is 1.00 bits per heavy atom. The van der Waals surface area contributed by atoms with Crippen LogP contribution in [-0.2, 0) is 11.4 Å². The van der Waals surface area contributed by atoms with E-state index in [4.69, 9.17) is 10.6 Å². The van der Waals surface area contributed by atoms with Crippen LogP contribution >= 0.6 is 11.8 Å². The molecule has 4 aromatic rings. The van der Waals surface area contributed by atoms with Crippen LogP contribution in [0.2, 0.25) is 0 Å². The highest BCUT2D eigenvalue weighted by Crippen LogP contribution is 2.19. The summed E-state index contributed by atoms with van der Waals surface area (Å²) in [5.41, 5.74) is 5.37. The monoisotopic (exact) mass is 473 g/mol. The number of aromatic nitrogens is 3. The van der Waals surface area contributed by atoms with Gasteiger partial charge in [0, 0.05) is 11.3 Å². The molecule has 4 rings (SSSR count). The van der Waals surface area contributed by atoms with Gasteiger partial charge in [0.2, 0.25) is 11.1 Å². The molecule has 34 heavy (non-hydrogen) atoms. The SMILES string of the molecule is Nn1c(N/N=C/c2ccccc2OCc2ccccc2)nnc1SCC(=O)Nc1ccccc1. The number of nitrogens with two attached hydrogens (primary N) is 1. The van der Waals surface area contributed by atoms with Crippen molar-refractivity contribution in [1.82, 2.24) is 14.9 Å².